The molecule has 0 aliphatic heterocycles. The van der Waals surface area contributed by atoms with Crippen molar-refractivity contribution >= 4 is 52.9 Å². The predicted molar refractivity (Wildman–Crippen MR) is 108 cm³/mol. The minimum absolute atomic E-state index is 0. The minimum atomic E-state index is -0.348. The fourth-order valence-corrected chi connectivity index (χ4v) is 3.23. The molecule has 0 amide bonds. The average molecular weight is 479 g/mol. The van der Waals surface area contributed by atoms with E-state index in [1.807, 2.05) is 30.1 Å². The molecule has 0 fully saturated rings. The van der Waals surface area contributed by atoms with Gasteiger partial charge in [0.2, 0.25) is 0 Å². The van der Waals surface area contributed by atoms with E-state index in [0.717, 1.165) is 9.21 Å². The molecule has 0 saturated carbocycles. The Morgan fingerprint density at radius 1 is 1.42 bits per heavy atom. The summed E-state index contributed by atoms with van der Waals surface area (Å²) in [6.45, 7) is 0.904. The lowest BCUT2D eigenvalue weighted by Crippen LogP contribution is -2.38. The molecule has 0 unspecified atom stereocenters. The third-order valence-corrected chi connectivity index (χ3v) is 4.42. The molecule has 4 nitrogen and oxygen atoms in total. The summed E-state index contributed by atoms with van der Waals surface area (Å²) in [6.07, 6.45) is 0. The van der Waals surface area contributed by atoms with Gasteiger partial charge in [-0.2, -0.15) is 5.26 Å². The van der Waals surface area contributed by atoms with Crippen molar-refractivity contribution in [3.8, 4) is 6.07 Å². The van der Waals surface area contributed by atoms with Gasteiger partial charge in [0.05, 0.1) is 22.5 Å². The van der Waals surface area contributed by atoms with Crippen LogP contribution in [-0.2, 0) is 13.1 Å². The summed E-state index contributed by atoms with van der Waals surface area (Å²) in [5.41, 5.74) is 0.859. The molecule has 1 N–H and O–H groups in total. The normalized spacial score (nSPS) is 10.7. The number of guanidine groups is 1. The molecule has 1 aromatic carbocycles. The Morgan fingerprint density at radius 2 is 2.17 bits per heavy atom. The number of benzene rings is 1. The standard InChI is InChI=1S/C16H16ClFN4S.HI/c1-20-16(22(2)10-13-4-6-15(17)23-13)21-9-12-7-11(8-19)3-5-14(12)18;/h3-7H,9-10H2,1-2H3,(H,20,21);1H. The topological polar surface area (TPSA) is 51.4 Å². The van der Waals surface area contributed by atoms with Crippen LogP contribution in [0.3, 0.4) is 0 Å². The van der Waals surface area contributed by atoms with Crippen LogP contribution in [-0.4, -0.2) is 25.0 Å². The van der Waals surface area contributed by atoms with Crippen LogP contribution in [0.2, 0.25) is 4.34 Å². The monoisotopic (exact) mass is 478 g/mol. The van der Waals surface area contributed by atoms with Gasteiger partial charge in [-0.15, -0.1) is 35.3 Å². The maximum absolute atomic E-state index is 13.8. The fourth-order valence-electron chi connectivity index (χ4n) is 2.08. The van der Waals surface area contributed by atoms with E-state index in [-0.39, 0.29) is 36.3 Å². The van der Waals surface area contributed by atoms with Gasteiger partial charge in [-0.05, 0) is 30.3 Å². The highest BCUT2D eigenvalue weighted by Gasteiger charge is 2.10. The van der Waals surface area contributed by atoms with E-state index in [0.29, 0.717) is 23.6 Å². The van der Waals surface area contributed by atoms with Gasteiger partial charge in [-0.1, -0.05) is 11.6 Å². The van der Waals surface area contributed by atoms with E-state index >= 15 is 0 Å². The summed E-state index contributed by atoms with van der Waals surface area (Å²) in [4.78, 5) is 7.23. The quantitative estimate of drug-likeness (QED) is 0.406. The number of thiophene rings is 1. The Balaban J connectivity index is 0.00000288. The molecule has 0 saturated heterocycles. The van der Waals surface area contributed by atoms with Crippen LogP contribution >= 0.6 is 46.9 Å². The van der Waals surface area contributed by atoms with E-state index in [9.17, 15) is 4.39 Å². The highest BCUT2D eigenvalue weighted by Crippen LogP contribution is 2.22. The molecular formula is C16H17ClFIN4S. The van der Waals surface area contributed by atoms with Gasteiger partial charge < -0.3 is 10.2 Å². The summed E-state index contributed by atoms with van der Waals surface area (Å²) < 4.78 is 14.5. The number of nitriles is 1. The molecule has 24 heavy (non-hydrogen) atoms. The Morgan fingerprint density at radius 3 is 2.75 bits per heavy atom. The number of nitrogens with zero attached hydrogens (tertiary/aromatic N) is 3. The van der Waals surface area contributed by atoms with E-state index in [4.69, 9.17) is 16.9 Å². The molecule has 0 aliphatic rings. The summed E-state index contributed by atoms with van der Waals surface area (Å²) in [7, 11) is 3.56. The maximum Gasteiger partial charge on any atom is 0.193 e. The third-order valence-electron chi connectivity index (χ3n) is 3.21. The first kappa shape index (κ1) is 20.7. The molecule has 0 spiro atoms. The number of rotatable bonds is 4. The van der Waals surface area contributed by atoms with Crippen molar-refractivity contribution < 1.29 is 4.39 Å². The van der Waals surface area contributed by atoms with Crippen molar-refractivity contribution in [3.05, 3.63) is 56.5 Å². The lowest BCUT2D eigenvalue weighted by atomic mass is 10.1. The molecular weight excluding hydrogens is 462 g/mol. The number of hydrogen-bond acceptors (Lipinski definition) is 3. The zero-order valence-electron chi connectivity index (χ0n) is 13.2. The highest BCUT2D eigenvalue weighted by molar-refractivity contribution is 14.0. The second-order valence-corrected chi connectivity index (χ2v) is 6.68. The van der Waals surface area contributed by atoms with E-state index in [1.165, 1.54) is 29.5 Å². The van der Waals surface area contributed by atoms with Crippen LogP contribution in [0, 0.1) is 17.1 Å². The Bertz CT molecular complexity index is 757. The lowest BCUT2D eigenvalue weighted by Gasteiger charge is -2.21. The molecule has 128 valence electrons. The molecule has 1 heterocycles. The Kier molecular flexibility index (Phi) is 8.45. The smallest absolute Gasteiger partial charge is 0.193 e. The largest absolute Gasteiger partial charge is 0.352 e. The number of halogens is 3. The summed E-state index contributed by atoms with van der Waals surface area (Å²) in [6, 6.07) is 10.1. The van der Waals surface area contributed by atoms with Gasteiger partial charge in [0.1, 0.15) is 5.82 Å². The van der Waals surface area contributed by atoms with Crippen molar-refractivity contribution in [2.45, 2.75) is 13.1 Å². The first-order valence-corrected chi connectivity index (χ1v) is 8.07. The SMILES string of the molecule is CN=C(NCc1cc(C#N)ccc1F)N(C)Cc1ccc(Cl)s1.I. The van der Waals surface area contributed by atoms with Crippen LogP contribution in [0.1, 0.15) is 16.0 Å². The van der Waals surface area contributed by atoms with Crippen LogP contribution < -0.4 is 5.32 Å². The van der Waals surface area contributed by atoms with Crippen molar-refractivity contribution in [1.82, 2.24) is 10.2 Å². The van der Waals surface area contributed by atoms with Crippen LogP contribution in [0.4, 0.5) is 4.39 Å². The van der Waals surface area contributed by atoms with E-state index < -0.39 is 0 Å². The van der Waals surface area contributed by atoms with Crippen molar-refractivity contribution in [2.24, 2.45) is 4.99 Å². The van der Waals surface area contributed by atoms with Gasteiger partial charge in [0, 0.05) is 31.1 Å². The zero-order chi connectivity index (χ0) is 16.8. The van der Waals surface area contributed by atoms with Crippen molar-refractivity contribution in [1.29, 1.82) is 5.26 Å². The average Bonchev–Trinajstić information content (AvgIpc) is 2.94. The summed E-state index contributed by atoms with van der Waals surface area (Å²) in [5, 5.41) is 12.0. The minimum Gasteiger partial charge on any atom is -0.352 e. The van der Waals surface area contributed by atoms with Gasteiger partial charge >= 0.3 is 0 Å². The first-order valence-electron chi connectivity index (χ1n) is 6.88. The van der Waals surface area contributed by atoms with E-state index in [2.05, 4.69) is 10.3 Å². The zero-order valence-corrected chi connectivity index (χ0v) is 17.1. The van der Waals surface area contributed by atoms with Gasteiger partial charge in [0.25, 0.3) is 0 Å². The van der Waals surface area contributed by atoms with Gasteiger partial charge in [-0.3, -0.25) is 4.99 Å². The molecule has 0 bridgehead atoms. The van der Waals surface area contributed by atoms with Crippen molar-refractivity contribution in [3.63, 3.8) is 0 Å². The van der Waals surface area contributed by atoms with Crippen molar-refractivity contribution in [2.75, 3.05) is 14.1 Å². The molecule has 1 aromatic heterocycles. The predicted octanol–water partition coefficient (Wildman–Crippen LogP) is 4.24. The highest BCUT2D eigenvalue weighted by atomic mass is 127. The number of hydrogen-bond donors (Lipinski definition) is 1. The maximum atomic E-state index is 13.8. The molecule has 2 aromatic rings. The Hall–Kier alpha value is -1.37. The fraction of sp³-hybridized carbons (Fsp3) is 0.250. The number of aliphatic imine (C=N–C) groups is 1. The second kappa shape index (κ2) is 9.81. The van der Waals surface area contributed by atoms with Gasteiger partial charge in [-0.25, -0.2) is 4.39 Å². The van der Waals surface area contributed by atoms with Crippen LogP contribution in [0.25, 0.3) is 0 Å². The molecule has 0 radical (unpaired) electrons. The summed E-state index contributed by atoms with van der Waals surface area (Å²) >= 11 is 7.44. The summed E-state index contributed by atoms with van der Waals surface area (Å²) in [5.74, 6) is 0.288. The van der Waals surface area contributed by atoms with Crippen LogP contribution in [0.15, 0.2) is 35.3 Å². The van der Waals surface area contributed by atoms with E-state index in [1.54, 1.807) is 7.05 Å². The molecule has 2 rings (SSSR count). The Labute approximate surface area is 167 Å². The molecule has 0 aliphatic carbocycles. The molecule has 0 atom stereocenters. The lowest BCUT2D eigenvalue weighted by molar-refractivity contribution is 0.479. The number of nitrogens with one attached hydrogen (secondary N) is 1. The van der Waals surface area contributed by atoms with Gasteiger partial charge in [0.15, 0.2) is 5.96 Å². The third kappa shape index (κ3) is 5.61. The van der Waals surface area contributed by atoms with Crippen LogP contribution in [0.5, 0.6) is 0 Å². The first-order chi connectivity index (χ1) is 11.0. The molecule has 8 heteroatoms. The second-order valence-electron chi connectivity index (χ2n) is 4.88.